The number of thioether (sulfide) groups is 1. The fourth-order valence-electron chi connectivity index (χ4n) is 3.80. The van der Waals surface area contributed by atoms with Crippen LogP contribution in [-0.4, -0.2) is 80.4 Å². The Morgan fingerprint density at radius 3 is 2.58 bits per heavy atom. The summed E-state index contributed by atoms with van der Waals surface area (Å²) in [6, 6.07) is 11.2. The number of ether oxygens (including phenoxy) is 3. The summed E-state index contributed by atoms with van der Waals surface area (Å²) < 4.78 is 18.2. The molecule has 3 N–H and O–H groups in total. The van der Waals surface area contributed by atoms with Crippen molar-refractivity contribution in [3.63, 3.8) is 0 Å². The standard InChI is InChI=1S/C23H23Cl2N3O7S/c1-33-13-4-2-12(3-5-13)17-9-28(27-26-17)20-21(32)18(10-29)35-23(22(20)34-11-19(30)31)36-14-6-7-15(24)16(25)8-14/h2-9,18,20-23,29,32H,10-11H2,1H3,(H,30,31)/t18-,20+,21+,22-,23-/m1/s1. The molecule has 0 bridgehead atoms. The number of aliphatic hydroxyl groups excluding tert-OH is 2. The second kappa shape index (κ2) is 11.8. The minimum absolute atomic E-state index is 0.330. The van der Waals surface area contributed by atoms with Crippen molar-refractivity contribution in [3.8, 4) is 17.0 Å². The topological polar surface area (TPSA) is 136 Å². The number of hydrogen-bond donors (Lipinski definition) is 3. The first kappa shape index (κ1) is 26.7. The highest BCUT2D eigenvalue weighted by Crippen LogP contribution is 2.41. The second-order valence-corrected chi connectivity index (χ2v) is 9.87. The fourth-order valence-corrected chi connectivity index (χ4v) is 5.34. The van der Waals surface area contributed by atoms with Crippen molar-refractivity contribution in [2.45, 2.75) is 34.7 Å². The quantitative estimate of drug-likeness (QED) is 0.361. The summed E-state index contributed by atoms with van der Waals surface area (Å²) in [6.07, 6.45) is -1.63. The van der Waals surface area contributed by atoms with Gasteiger partial charge in [0.25, 0.3) is 0 Å². The summed E-state index contributed by atoms with van der Waals surface area (Å²) >= 11 is 13.4. The fraction of sp³-hybridized carbons (Fsp3) is 0.348. The molecule has 2 aromatic carbocycles. The molecule has 1 aromatic heterocycles. The summed E-state index contributed by atoms with van der Waals surface area (Å²) in [5.41, 5.74) is 0.440. The van der Waals surface area contributed by atoms with Crippen molar-refractivity contribution < 1.29 is 34.3 Å². The lowest BCUT2D eigenvalue weighted by molar-refractivity contribution is -0.196. The number of halogens is 2. The van der Waals surface area contributed by atoms with E-state index in [1.807, 2.05) is 12.1 Å². The van der Waals surface area contributed by atoms with Gasteiger partial charge in [-0.1, -0.05) is 40.2 Å². The number of carboxylic acid groups (broad SMARTS) is 1. The molecule has 13 heteroatoms. The molecule has 0 spiro atoms. The monoisotopic (exact) mass is 555 g/mol. The third kappa shape index (κ3) is 5.94. The van der Waals surface area contributed by atoms with E-state index in [9.17, 15) is 20.1 Å². The van der Waals surface area contributed by atoms with E-state index in [1.54, 1.807) is 43.6 Å². The number of aliphatic carboxylic acids is 1. The summed E-state index contributed by atoms with van der Waals surface area (Å²) in [7, 11) is 1.57. The van der Waals surface area contributed by atoms with Gasteiger partial charge in [0, 0.05) is 10.5 Å². The van der Waals surface area contributed by atoms with Crippen molar-refractivity contribution in [3.05, 3.63) is 58.7 Å². The molecule has 10 nitrogen and oxygen atoms in total. The number of aliphatic hydroxyl groups is 2. The number of rotatable bonds is 9. The molecule has 1 aliphatic heterocycles. The zero-order valence-electron chi connectivity index (χ0n) is 18.9. The van der Waals surface area contributed by atoms with Crippen molar-refractivity contribution in [1.82, 2.24) is 15.0 Å². The molecular weight excluding hydrogens is 533 g/mol. The smallest absolute Gasteiger partial charge is 0.329 e. The molecular formula is C23H23Cl2N3O7S. The molecule has 0 unspecified atom stereocenters. The average molecular weight is 556 g/mol. The van der Waals surface area contributed by atoms with Crippen LogP contribution in [0.25, 0.3) is 11.3 Å². The Morgan fingerprint density at radius 2 is 1.94 bits per heavy atom. The maximum atomic E-state index is 11.3. The van der Waals surface area contributed by atoms with Crippen molar-refractivity contribution in [1.29, 1.82) is 0 Å². The van der Waals surface area contributed by atoms with Gasteiger partial charge >= 0.3 is 5.97 Å². The number of methoxy groups -OCH3 is 1. The van der Waals surface area contributed by atoms with E-state index in [0.717, 1.165) is 5.56 Å². The van der Waals surface area contributed by atoms with Gasteiger partial charge in [-0.3, -0.25) is 0 Å². The Morgan fingerprint density at radius 1 is 1.19 bits per heavy atom. The molecule has 2 heterocycles. The van der Waals surface area contributed by atoms with Gasteiger partial charge in [-0.05, 0) is 42.5 Å². The summed E-state index contributed by atoms with van der Waals surface area (Å²) in [5.74, 6) is -0.510. The van der Waals surface area contributed by atoms with Crippen molar-refractivity contribution in [2.75, 3.05) is 20.3 Å². The first-order valence-electron chi connectivity index (χ1n) is 10.8. The molecule has 4 rings (SSSR count). The van der Waals surface area contributed by atoms with Gasteiger partial charge in [-0.25, -0.2) is 9.48 Å². The average Bonchev–Trinajstić information content (AvgIpc) is 3.35. The van der Waals surface area contributed by atoms with Gasteiger partial charge in [0.1, 0.15) is 47.8 Å². The lowest BCUT2D eigenvalue weighted by Gasteiger charge is -2.43. The third-order valence-electron chi connectivity index (χ3n) is 5.57. The van der Waals surface area contributed by atoms with Crippen LogP contribution in [0, 0.1) is 0 Å². The predicted molar refractivity (Wildman–Crippen MR) is 132 cm³/mol. The molecule has 0 saturated carbocycles. The number of carbonyl (C=O) groups is 1. The van der Waals surface area contributed by atoms with Crippen LogP contribution in [-0.2, 0) is 14.3 Å². The lowest BCUT2D eigenvalue weighted by atomic mass is 9.97. The van der Waals surface area contributed by atoms with Gasteiger partial charge < -0.3 is 29.5 Å². The molecule has 1 aliphatic rings. The van der Waals surface area contributed by atoms with Crippen LogP contribution in [0.4, 0.5) is 0 Å². The maximum absolute atomic E-state index is 11.3. The number of nitrogens with zero attached hydrogens (tertiary/aromatic N) is 3. The number of carboxylic acids is 1. The normalized spacial score (nSPS) is 24.0. The Kier molecular flexibility index (Phi) is 8.73. The highest BCUT2D eigenvalue weighted by atomic mass is 35.5. The van der Waals surface area contributed by atoms with Gasteiger partial charge in [0.2, 0.25) is 0 Å². The van der Waals surface area contributed by atoms with E-state index in [0.29, 0.717) is 26.4 Å². The van der Waals surface area contributed by atoms with E-state index in [2.05, 4.69) is 10.3 Å². The van der Waals surface area contributed by atoms with Crippen LogP contribution in [0.5, 0.6) is 5.75 Å². The summed E-state index contributed by atoms with van der Waals surface area (Å²) in [4.78, 5) is 12.0. The van der Waals surface area contributed by atoms with Gasteiger partial charge in [0.05, 0.1) is 30.0 Å². The minimum atomic E-state index is -1.27. The van der Waals surface area contributed by atoms with E-state index in [-0.39, 0.29) is 0 Å². The first-order chi connectivity index (χ1) is 17.3. The van der Waals surface area contributed by atoms with E-state index in [1.165, 1.54) is 16.4 Å². The third-order valence-corrected chi connectivity index (χ3v) is 7.45. The van der Waals surface area contributed by atoms with Crippen LogP contribution in [0.3, 0.4) is 0 Å². The highest BCUT2D eigenvalue weighted by molar-refractivity contribution is 7.99. The number of benzene rings is 2. The Balaban J connectivity index is 1.68. The summed E-state index contributed by atoms with van der Waals surface area (Å²) in [5, 5.41) is 39.3. The molecule has 0 aliphatic carbocycles. The van der Waals surface area contributed by atoms with Crippen molar-refractivity contribution in [2.24, 2.45) is 0 Å². The Labute approximate surface area is 220 Å². The molecule has 1 fully saturated rings. The lowest BCUT2D eigenvalue weighted by Crippen LogP contribution is -2.56. The largest absolute Gasteiger partial charge is 0.497 e. The SMILES string of the molecule is COc1ccc(-c2cn([C@H]3[C@@H](O)[C@@H](CO)O[C@H](Sc4ccc(Cl)c(Cl)c4)[C@@H]3OCC(=O)O)nn2)cc1. The van der Waals surface area contributed by atoms with E-state index < -0.39 is 49.0 Å². The second-order valence-electron chi connectivity index (χ2n) is 7.88. The molecule has 0 radical (unpaired) electrons. The predicted octanol–water partition coefficient (Wildman–Crippen LogP) is 3.14. The Hall–Kier alpha value is -2.38. The number of hydrogen-bond acceptors (Lipinski definition) is 9. The summed E-state index contributed by atoms with van der Waals surface area (Å²) in [6.45, 7) is -1.12. The maximum Gasteiger partial charge on any atom is 0.329 e. The van der Waals surface area contributed by atoms with Crippen molar-refractivity contribution >= 4 is 40.9 Å². The van der Waals surface area contributed by atoms with Crippen LogP contribution in [0.15, 0.2) is 53.6 Å². The van der Waals surface area contributed by atoms with E-state index >= 15 is 0 Å². The molecule has 1 saturated heterocycles. The van der Waals surface area contributed by atoms with Gasteiger partial charge in [-0.15, -0.1) is 5.10 Å². The van der Waals surface area contributed by atoms with Crippen LogP contribution in [0.2, 0.25) is 10.0 Å². The van der Waals surface area contributed by atoms with E-state index in [4.69, 9.17) is 37.4 Å². The van der Waals surface area contributed by atoms with Gasteiger partial charge in [0.15, 0.2) is 0 Å². The van der Waals surface area contributed by atoms with Crippen LogP contribution < -0.4 is 4.74 Å². The Bertz CT molecular complexity index is 1200. The first-order valence-corrected chi connectivity index (χ1v) is 12.4. The molecule has 192 valence electrons. The molecule has 5 atom stereocenters. The van der Waals surface area contributed by atoms with Crippen LogP contribution >= 0.6 is 35.0 Å². The zero-order chi connectivity index (χ0) is 25.8. The molecule has 0 amide bonds. The molecule has 36 heavy (non-hydrogen) atoms. The highest BCUT2D eigenvalue weighted by Gasteiger charge is 2.48. The van der Waals surface area contributed by atoms with Gasteiger partial charge in [-0.2, -0.15) is 0 Å². The minimum Gasteiger partial charge on any atom is -0.497 e. The molecule has 3 aromatic rings. The van der Waals surface area contributed by atoms with Crippen LogP contribution in [0.1, 0.15) is 6.04 Å². The zero-order valence-corrected chi connectivity index (χ0v) is 21.2. The number of aromatic nitrogens is 3.